The summed E-state index contributed by atoms with van der Waals surface area (Å²) in [5.74, 6) is 0.427. The van der Waals surface area contributed by atoms with E-state index in [0.717, 1.165) is 32.3 Å². The predicted octanol–water partition coefficient (Wildman–Crippen LogP) is 1.28. The number of aliphatic hydroxyl groups excluding tert-OH is 1. The van der Waals surface area contributed by atoms with Crippen LogP contribution in [0.5, 0.6) is 0 Å². The van der Waals surface area contributed by atoms with Gasteiger partial charge in [0, 0.05) is 26.8 Å². The van der Waals surface area contributed by atoms with Gasteiger partial charge in [-0.3, -0.25) is 4.79 Å². The Bertz CT molecular complexity index is 181. The van der Waals surface area contributed by atoms with Gasteiger partial charge in [0.1, 0.15) is 0 Å². The Hall–Kier alpha value is -0.610. The number of methoxy groups -OCH3 is 1. The Morgan fingerprint density at radius 1 is 1.38 bits per heavy atom. The maximum absolute atomic E-state index is 10.2. The lowest BCUT2D eigenvalue weighted by Gasteiger charge is -2.27. The van der Waals surface area contributed by atoms with E-state index < -0.39 is 0 Å². The molecule has 1 saturated heterocycles. The monoisotopic (exact) mass is 231 g/mol. The van der Waals surface area contributed by atoms with Crippen LogP contribution in [0.1, 0.15) is 33.6 Å². The second kappa shape index (κ2) is 7.63. The van der Waals surface area contributed by atoms with Gasteiger partial charge in [-0.1, -0.05) is 0 Å². The summed E-state index contributed by atoms with van der Waals surface area (Å²) in [6.45, 7) is 7.96. The molecule has 0 unspecified atom stereocenters. The van der Waals surface area contributed by atoms with E-state index in [1.54, 1.807) is 12.0 Å². The minimum Gasteiger partial charge on any atom is -0.396 e. The normalized spacial score (nSPS) is 17.7. The van der Waals surface area contributed by atoms with Crippen LogP contribution in [-0.2, 0) is 9.53 Å². The van der Waals surface area contributed by atoms with Crippen LogP contribution < -0.4 is 0 Å². The summed E-state index contributed by atoms with van der Waals surface area (Å²) in [6.07, 6.45) is 2.79. The van der Waals surface area contributed by atoms with E-state index in [1.165, 1.54) is 0 Å². The van der Waals surface area contributed by atoms with Crippen molar-refractivity contribution in [3.63, 3.8) is 0 Å². The number of carbonyl (C=O) groups excluding carboxylic acids is 1. The molecule has 4 heteroatoms. The van der Waals surface area contributed by atoms with Crippen molar-refractivity contribution in [1.29, 1.82) is 0 Å². The number of hydrogen-bond donors (Lipinski definition) is 1. The van der Waals surface area contributed by atoms with Gasteiger partial charge in [-0.05, 0) is 39.5 Å². The van der Waals surface area contributed by atoms with Crippen LogP contribution >= 0.6 is 0 Å². The van der Waals surface area contributed by atoms with E-state index in [-0.39, 0.29) is 12.2 Å². The van der Waals surface area contributed by atoms with Crippen LogP contribution in [0.25, 0.3) is 0 Å². The summed E-state index contributed by atoms with van der Waals surface area (Å²) in [4.78, 5) is 12.0. The molecule has 0 spiro atoms. The zero-order chi connectivity index (χ0) is 12.6. The Balaban J connectivity index is 0.000000325. The highest BCUT2D eigenvalue weighted by molar-refractivity contribution is 5.47. The lowest BCUT2D eigenvalue weighted by Crippen LogP contribution is -2.33. The van der Waals surface area contributed by atoms with E-state index in [1.807, 2.05) is 20.8 Å². The average Bonchev–Trinajstić information content (AvgIpc) is 2.29. The Morgan fingerprint density at radius 3 is 2.06 bits per heavy atom. The first-order valence-corrected chi connectivity index (χ1v) is 5.78. The Kier molecular flexibility index (Phi) is 7.34. The molecule has 1 heterocycles. The van der Waals surface area contributed by atoms with Crippen molar-refractivity contribution in [2.75, 3.05) is 26.8 Å². The number of rotatable bonds is 2. The number of amides is 1. The molecular weight excluding hydrogens is 206 g/mol. The highest BCUT2D eigenvalue weighted by Crippen LogP contribution is 2.14. The van der Waals surface area contributed by atoms with Crippen LogP contribution in [0.4, 0.5) is 0 Å². The van der Waals surface area contributed by atoms with E-state index in [4.69, 9.17) is 9.84 Å². The molecule has 1 fully saturated rings. The molecular formula is C12H25NO3. The molecule has 0 saturated carbocycles. The maximum atomic E-state index is 10.2. The largest absolute Gasteiger partial charge is 0.396 e. The van der Waals surface area contributed by atoms with Gasteiger partial charge in [-0.25, -0.2) is 0 Å². The molecule has 4 nitrogen and oxygen atoms in total. The standard InChI is InChI=1S/C7H13NO2.C5H12O/c9-5-7-1-3-8(6-10)4-2-7;1-5(2,3)6-4/h6-7,9H,1-5H2;1-4H3. The molecule has 1 aliphatic rings. The summed E-state index contributed by atoms with van der Waals surface area (Å²) in [7, 11) is 1.71. The molecule has 0 aliphatic carbocycles. The van der Waals surface area contributed by atoms with Crippen LogP contribution in [0.2, 0.25) is 0 Å². The van der Waals surface area contributed by atoms with Crippen molar-refractivity contribution < 1.29 is 14.6 Å². The molecule has 0 aromatic rings. The number of piperidine rings is 1. The SMILES string of the molecule is COC(C)(C)C.O=CN1CCC(CO)CC1. The van der Waals surface area contributed by atoms with Gasteiger partial charge in [0.2, 0.25) is 6.41 Å². The molecule has 1 aliphatic heterocycles. The van der Waals surface area contributed by atoms with Gasteiger partial charge in [0.15, 0.2) is 0 Å². The predicted molar refractivity (Wildman–Crippen MR) is 64.2 cm³/mol. The fourth-order valence-corrected chi connectivity index (χ4v) is 1.24. The number of likely N-dealkylation sites (tertiary alicyclic amines) is 1. The van der Waals surface area contributed by atoms with Crippen LogP contribution in [0.15, 0.2) is 0 Å². The number of ether oxygens (including phenoxy) is 1. The molecule has 0 radical (unpaired) electrons. The van der Waals surface area contributed by atoms with Gasteiger partial charge in [-0.15, -0.1) is 0 Å². The van der Waals surface area contributed by atoms with E-state index >= 15 is 0 Å². The third-order valence-corrected chi connectivity index (χ3v) is 2.67. The van der Waals surface area contributed by atoms with E-state index in [9.17, 15) is 4.79 Å². The molecule has 0 aromatic heterocycles. The lowest BCUT2D eigenvalue weighted by molar-refractivity contribution is -0.119. The summed E-state index contributed by atoms with van der Waals surface area (Å²) in [6, 6.07) is 0. The first-order chi connectivity index (χ1) is 7.42. The summed E-state index contributed by atoms with van der Waals surface area (Å²) < 4.78 is 4.94. The zero-order valence-corrected chi connectivity index (χ0v) is 10.9. The number of aliphatic hydroxyl groups is 1. The van der Waals surface area contributed by atoms with Crippen molar-refractivity contribution in [1.82, 2.24) is 4.90 Å². The molecule has 16 heavy (non-hydrogen) atoms. The minimum atomic E-state index is 0.0417. The van der Waals surface area contributed by atoms with Crippen LogP contribution in [0.3, 0.4) is 0 Å². The van der Waals surface area contributed by atoms with Gasteiger partial charge < -0.3 is 14.7 Å². The Morgan fingerprint density at radius 2 is 1.81 bits per heavy atom. The summed E-state index contributed by atoms with van der Waals surface area (Å²) in [5.41, 5.74) is 0.0417. The van der Waals surface area contributed by atoms with E-state index in [2.05, 4.69) is 0 Å². The van der Waals surface area contributed by atoms with Gasteiger partial charge in [-0.2, -0.15) is 0 Å². The van der Waals surface area contributed by atoms with Gasteiger partial charge in [0.05, 0.1) is 5.60 Å². The molecule has 0 atom stereocenters. The molecule has 1 N–H and O–H groups in total. The van der Waals surface area contributed by atoms with Crippen molar-refractivity contribution in [3.8, 4) is 0 Å². The third-order valence-electron chi connectivity index (χ3n) is 2.67. The van der Waals surface area contributed by atoms with Crippen molar-refractivity contribution in [2.24, 2.45) is 5.92 Å². The van der Waals surface area contributed by atoms with Gasteiger partial charge >= 0.3 is 0 Å². The quantitative estimate of drug-likeness (QED) is 0.728. The number of carbonyl (C=O) groups is 1. The molecule has 1 amide bonds. The fourth-order valence-electron chi connectivity index (χ4n) is 1.24. The second-order valence-electron chi connectivity index (χ2n) is 5.08. The smallest absolute Gasteiger partial charge is 0.209 e. The maximum Gasteiger partial charge on any atom is 0.209 e. The van der Waals surface area contributed by atoms with Crippen molar-refractivity contribution in [2.45, 2.75) is 39.2 Å². The van der Waals surface area contributed by atoms with Crippen LogP contribution in [-0.4, -0.2) is 48.8 Å². The first-order valence-electron chi connectivity index (χ1n) is 5.78. The Labute approximate surface area is 98.6 Å². The molecule has 0 bridgehead atoms. The fraction of sp³-hybridized carbons (Fsp3) is 0.917. The van der Waals surface area contributed by atoms with Crippen molar-refractivity contribution >= 4 is 6.41 Å². The van der Waals surface area contributed by atoms with Gasteiger partial charge in [0.25, 0.3) is 0 Å². The highest BCUT2D eigenvalue weighted by Gasteiger charge is 2.16. The van der Waals surface area contributed by atoms with Crippen molar-refractivity contribution in [3.05, 3.63) is 0 Å². The van der Waals surface area contributed by atoms with E-state index in [0.29, 0.717) is 5.92 Å². The second-order valence-corrected chi connectivity index (χ2v) is 5.08. The summed E-state index contributed by atoms with van der Waals surface area (Å²) in [5, 5.41) is 8.74. The molecule has 0 aromatic carbocycles. The molecule has 1 rings (SSSR count). The third kappa shape index (κ3) is 7.65. The zero-order valence-electron chi connectivity index (χ0n) is 10.9. The minimum absolute atomic E-state index is 0.0417. The van der Waals surface area contributed by atoms with Crippen LogP contribution in [0, 0.1) is 5.92 Å². The topological polar surface area (TPSA) is 49.8 Å². The first kappa shape index (κ1) is 15.4. The average molecular weight is 231 g/mol. The summed E-state index contributed by atoms with van der Waals surface area (Å²) >= 11 is 0. The number of hydrogen-bond acceptors (Lipinski definition) is 3. The lowest BCUT2D eigenvalue weighted by atomic mass is 9.98. The molecule has 96 valence electrons. The highest BCUT2D eigenvalue weighted by atomic mass is 16.5. The number of nitrogens with zero attached hydrogens (tertiary/aromatic N) is 1.